The first-order chi connectivity index (χ1) is 13.1. The van der Waals surface area contributed by atoms with Crippen LogP contribution in [0.15, 0.2) is 84.9 Å². The monoisotopic (exact) mass is 376 g/mol. The van der Waals surface area contributed by atoms with Crippen molar-refractivity contribution in [2.24, 2.45) is 0 Å². The number of anilines is 1. The molecule has 1 N–H and O–H groups in total. The Morgan fingerprint density at radius 1 is 0.815 bits per heavy atom. The molecule has 4 rings (SSSR count). The molecule has 3 aromatic rings. The fraction of sp³-hybridized carbons (Fsp3) is 0.0909. The predicted molar refractivity (Wildman–Crippen MR) is 106 cm³/mol. The van der Waals surface area contributed by atoms with Crippen LogP contribution in [0.1, 0.15) is 22.0 Å². The molecular formula is C22H17ClN2O2. The van der Waals surface area contributed by atoms with Gasteiger partial charge in [-0.3, -0.25) is 4.79 Å². The van der Waals surface area contributed by atoms with E-state index in [1.807, 2.05) is 60.7 Å². The van der Waals surface area contributed by atoms with Crippen molar-refractivity contribution in [3.05, 3.63) is 101 Å². The second kappa shape index (κ2) is 7.25. The Morgan fingerprint density at radius 2 is 1.41 bits per heavy atom. The van der Waals surface area contributed by atoms with Crippen molar-refractivity contribution in [3.63, 3.8) is 0 Å². The number of rotatable bonds is 4. The maximum absolute atomic E-state index is 13.0. The number of Topliss-reactive ketones (excluding diaryl/α,β-unsaturated/α-hetero) is 1. The molecule has 0 bridgehead atoms. The topological polar surface area (TPSA) is 49.2 Å². The highest BCUT2D eigenvalue weighted by Crippen LogP contribution is 2.45. The van der Waals surface area contributed by atoms with Gasteiger partial charge in [0.15, 0.2) is 5.78 Å². The highest BCUT2D eigenvalue weighted by atomic mass is 35.5. The van der Waals surface area contributed by atoms with Crippen molar-refractivity contribution >= 4 is 29.1 Å². The molecule has 1 fully saturated rings. The zero-order chi connectivity index (χ0) is 18.8. The molecule has 0 spiro atoms. The third kappa shape index (κ3) is 3.57. The first-order valence-electron chi connectivity index (χ1n) is 8.64. The van der Waals surface area contributed by atoms with Crippen molar-refractivity contribution in [2.45, 2.75) is 12.1 Å². The number of carbonyl (C=O) groups is 2. The molecular weight excluding hydrogens is 360 g/mol. The number of halogens is 1. The molecule has 1 aliphatic heterocycles. The summed E-state index contributed by atoms with van der Waals surface area (Å²) in [6.07, 6.45) is 0. The summed E-state index contributed by atoms with van der Waals surface area (Å²) in [5.74, 6) is -0.0706. The van der Waals surface area contributed by atoms with E-state index >= 15 is 0 Å². The molecule has 0 aliphatic carbocycles. The van der Waals surface area contributed by atoms with Gasteiger partial charge in [0.05, 0.1) is 6.04 Å². The lowest BCUT2D eigenvalue weighted by molar-refractivity contribution is 0.0976. The summed E-state index contributed by atoms with van der Waals surface area (Å²) in [6, 6.07) is 24.4. The van der Waals surface area contributed by atoms with E-state index in [1.165, 1.54) is 0 Å². The van der Waals surface area contributed by atoms with Gasteiger partial charge < -0.3 is 10.2 Å². The fourth-order valence-electron chi connectivity index (χ4n) is 3.24. The Balaban J connectivity index is 1.61. The number of hydrogen-bond donors (Lipinski definition) is 1. The molecule has 2 amide bonds. The molecule has 0 unspecified atom stereocenters. The van der Waals surface area contributed by atoms with Crippen LogP contribution < -0.4 is 5.32 Å². The summed E-state index contributed by atoms with van der Waals surface area (Å²) in [6.45, 7) is 0. The van der Waals surface area contributed by atoms with Gasteiger partial charge in [0, 0.05) is 16.3 Å². The molecule has 3 aromatic carbocycles. The number of carbonyl (C=O) groups excluding carboxylic acids is 2. The van der Waals surface area contributed by atoms with E-state index in [0.717, 1.165) is 5.56 Å². The summed E-state index contributed by atoms with van der Waals surface area (Å²) in [5.41, 5.74) is 2.17. The number of ketones is 1. The van der Waals surface area contributed by atoms with E-state index in [2.05, 4.69) is 5.32 Å². The highest BCUT2D eigenvalue weighted by Gasteiger charge is 2.56. The standard InChI is InChI=1S/C22H17ClN2O2/c23-17-13-11-15(12-14-17)19-20(21(26)16-7-3-1-4-8-16)25(19)22(27)24-18-9-5-2-6-10-18/h1-14,19-20H,(H,24,27)/t19-,20+,25?/m0/s1. The largest absolute Gasteiger partial charge is 0.323 e. The first-order valence-corrected chi connectivity index (χ1v) is 9.02. The Hall–Kier alpha value is -3.11. The van der Waals surface area contributed by atoms with Crippen LogP contribution in [0, 0.1) is 0 Å². The van der Waals surface area contributed by atoms with Crippen LogP contribution in [0.3, 0.4) is 0 Å². The molecule has 1 heterocycles. The van der Waals surface area contributed by atoms with Crippen molar-refractivity contribution in [1.82, 2.24) is 4.90 Å². The first kappa shape index (κ1) is 17.3. The maximum Gasteiger partial charge on any atom is 0.323 e. The number of hydrogen-bond acceptors (Lipinski definition) is 2. The Labute approximate surface area is 162 Å². The van der Waals surface area contributed by atoms with Gasteiger partial charge in [0.1, 0.15) is 6.04 Å². The number of benzene rings is 3. The molecule has 5 heteroatoms. The average molecular weight is 377 g/mol. The third-order valence-corrected chi connectivity index (χ3v) is 4.86. The Morgan fingerprint density at radius 3 is 2.04 bits per heavy atom. The number of amides is 2. The molecule has 1 saturated heterocycles. The zero-order valence-electron chi connectivity index (χ0n) is 14.4. The molecule has 2 atom stereocenters. The van der Waals surface area contributed by atoms with Crippen LogP contribution in [0.25, 0.3) is 0 Å². The summed E-state index contributed by atoms with van der Waals surface area (Å²) in [5, 5.41) is 3.48. The molecule has 134 valence electrons. The van der Waals surface area contributed by atoms with Gasteiger partial charge in [-0.25, -0.2) is 4.79 Å². The number of nitrogens with zero attached hydrogens (tertiary/aromatic N) is 1. The quantitative estimate of drug-likeness (QED) is 0.503. The normalized spacial score (nSPS) is 18.0. The minimum absolute atomic E-state index is 0.0706. The summed E-state index contributed by atoms with van der Waals surface area (Å²) < 4.78 is 0. The molecule has 1 aliphatic rings. The molecule has 0 aromatic heterocycles. The van der Waals surface area contributed by atoms with Gasteiger partial charge in [0.25, 0.3) is 0 Å². The molecule has 0 saturated carbocycles. The number of nitrogens with one attached hydrogen (secondary N) is 1. The fourth-order valence-corrected chi connectivity index (χ4v) is 3.37. The van der Waals surface area contributed by atoms with Gasteiger partial charge in [0.2, 0.25) is 0 Å². The van der Waals surface area contributed by atoms with Crippen molar-refractivity contribution in [2.75, 3.05) is 5.32 Å². The number of para-hydroxylation sites is 1. The van der Waals surface area contributed by atoms with E-state index < -0.39 is 6.04 Å². The van der Waals surface area contributed by atoms with Crippen LogP contribution in [-0.4, -0.2) is 22.8 Å². The van der Waals surface area contributed by atoms with Crippen LogP contribution >= 0.6 is 11.6 Å². The second-order valence-corrected chi connectivity index (χ2v) is 6.81. The lowest BCUT2D eigenvalue weighted by atomic mass is 10.0. The van der Waals surface area contributed by atoms with Crippen LogP contribution in [0.2, 0.25) is 5.02 Å². The Bertz CT molecular complexity index is 959. The number of urea groups is 1. The molecule has 4 nitrogen and oxygen atoms in total. The lowest BCUT2D eigenvalue weighted by Crippen LogP contribution is -2.24. The minimum atomic E-state index is -0.530. The maximum atomic E-state index is 13.0. The summed E-state index contributed by atoms with van der Waals surface area (Å²) >= 11 is 5.98. The third-order valence-electron chi connectivity index (χ3n) is 4.61. The second-order valence-electron chi connectivity index (χ2n) is 6.37. The van der Waals surface area contributed by atoms with Gasteiger partial charge in [-0.1, -0.05) is 72.3 Å². The van der Waals surface area contributed by atoms with Crippen molar-refractivity contribution in [1.29, 1.82) is 0 Å². The van der Waals surface area contributed by atoms with Gasteiger partial charge in [-0.15, -0.1) is 0 Å². The van der Waals surface area contributed by atoms with E-state index in [9.17, 15) is 9.59 Å². The molecule has 27 heavy (non-hydrogen) atoms. The smallest absolute Gasteiger partial charge is 0.308 e. The van der Waals surface area contributed by atoms with E-state index in [1.54, 1.807) is 29.2 Å². The van der Waals surface area contributed by atoms with Crippen LogP contribution in [0.4, 0.5) is 10.5 Å². The van der Waals surface area contributed by atoms with Gasteiger partial charge in [-0.2, -0.15) is 0 Å². The minimum Gasteiger partial charge on any atom is -0.308 e. The lowest BCUT2D eigenvalue weighted by Gasteiger charge is -2.08. The van der Waals surface area contributed by atoms with E-state index in [-0.39, 0.29) is 17.9 Å². The van der Waals surface area contributed by atoms with E-state index in [0.29, 0.717) is 16.3 Å². The SMILES string of the molecule is O=C(c1ccccc1)[C@H]1[C@H](c2ccc(Cl)cc2)N1C(=O)Nc1ccccc1. The van der Waals surface area contributed by atoms with Gasteiger partial charge in [-0.05, 0) is 29.8 Å². The summed E-state index contributed by atoms with van der Waals surface area (Å²) in [7, 11) is 0. The zero-order valence-corrected chi connectivity index (χ0v) is 15.1. The highest BCUT2D eigenvalue weighted by molar-refractivity contribution is 6.30. The van der Waals surface area contributed by atoms with Crippen molar-refractivity contribution < 1.29 is 9.59 Å². The van der Waals surface area contributed by atoms with Gasteiger partial charge >= 0.3 is 6.03 Å². The molecule has 0 radical (unpaired) electrons. The van der Waals surface area contributed by atoms with Crippen molar-refractivity contribution in [3.8, 4) is 0 Å². The predicted octanol–water partition coefficient (Wildman–Crippen LogP) is 5.18. The summed E-state index contributed by atoms with van der Waals surface area (Å²) in [4.78, 5) is 27.4. The van der Waals surface area contributed by atoms with E-state index in [4.69, 9.17) is 11.6 Å². The van der Waals surface area contributed by atoms with Crippen LogP contribution in [-0.2, 0) is 0 Å². The van der Waals surface area contributed by atoms with Crippen LogP contribution in [0.5, 0.6) is 0 Å². The average Bonchev–Trinajstić information content (AvgIpc) is 3.45. The Kier molecular flexibility index (Phi) is 4.65.